The van der Waals surface area contributed by atoms with E-state index in [0.29, 0.717) is 18.7 Å². The standard InChI is InChI=1S/C18H26N6O2/c1-26-9-3-8-23-11-18(6-4-15(23)25)5-2-7-24(12-18)17-19-10-14-16(22-17)21-13-20-14/h10,13H,2-9,11-12H2,1H3,(H,19,20,21,22)/t18-/m0/s1. The van der Waals surface area contributed by atoms with Crippen molar-refractivity contribution in [2.24, 2.45) is 5.41 Å². The van der Waals surface area contributed by atoms with E-state index in [1.807, 2.05) is 4.90 Å². The maximum atomic E-state index is 12.3. The topological polar surface area (TPSA) is 87.2 Å². The fourth-order valence-electron chi connectivity index (χ4n) is 4.30. The number of hydrogen-bond donors (Lipinski definition) is 1. The molecular formula is C18H26N6O2. The Morgan fingerprint density at radius 3 is 3.12 bits per heavy atom. The van der Waals surface area contributed by atoms with Gasteiger partial charge in [-0.2, -0.15) is 4.98 Å². The number of likely N-dealkylation sites (tertiary alicyclic amines) is 1. The van der Waals surface area contributed by atoms with E-state index in [1.165, 1.54) is 0 Å². The molecule has 2 aliphatic heterocycles. The first kappa shape index (κ1) is 17.2. The van der Waals surface area contributed by atoms with Gasteiger partial charge in [0.15, 0.2) is 5.65 Å². The lowest BCUT2D eigenvalue weighted by molar-refractivity contribution is -0.138. The molecule has 1 N–H and O–H groups in total. The van der Waals surface area contributed by atoms with Gasteiger partial charge in [-0.15, -0.1) is 0 Å². The first-order valence-corrected chi connectivity index (χ1v) is 9.37. The van der Waals surface area contributed by atoms with E-state index in [-0.39, 0.29) is 11.3 Å². The highest BCUT2D eigenvalue weighted by Crippen LogP contribution is 2.39. The average Bonchev–Trinajstić information content (AvgIpc) is 3.13. The lowest BCUT2D eigenvalue weighted by atomic mass is 9.73. The van der Waals surface area contributed by atoms with E-state index in [9.17, 15) is 4.79 Å². The number of aromatic nitrogens is 4. The fraction of sp³-hybridized carbons (Fsp3) is 0.667. The molecule has 2 aliphatic rings. The Hall–Kier alpha value is -2.22. The van der Waals surface area contributed by atoms with Crippen molar-refractivity contribution in [3.8, 4) is 0 Å². The molecule has 0 aromatic carbocycles. The number of amides is 1. The normalized spacial score (nSPS) is 24.0. The minimum absolute atomic E-state index is 0.142. The number of carbonyl (C=O) groups excluding carboxylic acids is 1. The minimum Gasteiger partial charge on any atom is -0.385 e. The number of fused-ring (bicyclic) bond motifs is 1. The quantitative estimate of drug-likeness (QED) is 0.817. The summed E-state index contributed by atoms with van der Waals surface area (Å²) in [7, 11) is 1.70. The molecule has 0 radical (unpaired) electrons. The van der Waals surface area contributed by atoms with Crippen molar-refractivity contribution in [1.82, 2.24) is 24.8 Å². The van der Waals surface area contributed by atoms with Crippen molar-refractivity contribution < 1.29 is 9.53 Å². The van der Waals surface area contributed by atoms with Gasteiger partial charge in [-0.3, -0.25) is 4.79 Å². The van der Waals surface area contributed by atoms with E-state index in [0.717, 1.165) is 63.3 Å². The van der Waals surface area contributed by atoms with Gasteiger partial charge in [0.2, 0.25) is 11.9 Å². The van der Waals surface area contributed by atoms with Gasteiger partial charge in [0, 0.05) is 51.7 Å². The molecule has 4 rings (SSSR count). The molecule has 26 heavy (non-hydrogen) atoms. The summed E-state index contributed by atoms with van der Waals surface area (Å²) in [4.78, 5) is 33.0. The van der Waals surface area contributed by atoms with Crippen molar-refractivity contribution >= 4 is 23.0 Å². The number of methoxy groups -OCH3 is 1. The van der Waals surface area contributed by atoms with Crippen LogP contribution in [-0.2, 0) is 9.53 Å². The molecule has 8 heteroatoms. The lowest BCUT2D eigenvalue weighted by Crippen LogP contribution is -2.54. The van der Waals surface area contributed by atoms with Crippen LogP contribution < -0.4 is 4.90 Å². The van der Waals surface area contributed by atoms with Crippen LogP contribution in [0.25, 0.3) is 11.2 Å². The number of carbonyl (C=O) groups is 1. The monoisotopic (exact) mass is 358 g/mol. The summed E-state index contributed by atoms with van der Waals surface area (Å²) in [6, 6.07) is 0. The summed E-state index contributed by atoms with van der Waals surface area (Å²) in [5, 5.41) is 0. The van der Waals surface area contributed by atoms with E-state index < -0.39 is 0 Å². The van der Waals surface area contributed by atoms with Crippen LogP contribution in [0.2, 0.25) is 0 Å². The molecule has 0 saturated carbocycles. The Balaban J connectivity index is 1.48. The van der Waals surface area contributed by atoms with E-state index in [4.69, 9.17) is 4.74 Å². The molecule has 2 aromatic rings. The molecule has 140 valence electrons. The highest BCUT2D eigenvalue weighted by Gasteiger charge is 2.42. The third-order valence-corrected chi connectivity index (χ3v) is 5.63. The zero-order valence-electron chi connectivity index (χ0n) is 15.3. The zero-order chi connectivity index (χ0) is 18.0. The molecule has 8 nitrogen and oxygen atoms in total. The van der Waals surface area contributed by atoms with Crippen LogP contribution in [0.15, 0.2) is 12.5 Å². The van der Waals surface area contributed by atoms with Crippen molar-refractivity contribution in [2.45, 2.75) is 32.1 Å². The maximum Gasteiger partial charge on any atom is 0.227 e. The van der Waals surface area contributed by atoms with Crippen LogP contribution in [0.3, 0.4) is 0 Å². The van der Waals surface area contributed by atoms with Crippen LogP contribution in [0, 0.1) is 5.41 Å². The number of rotatable bonds is 5. The van der Waals surface area contributed by atoms with Gasteiger partial charge in [-0.1, -0.05) is 0 Å². The number of ether oxygens (including phenoxy) is 1. The van der Waals surface area contributed by atoms with Crippen LogP contribution in [0.1, 0.15) is 32.1 Å². The highest BCUT2D eigenvalue weighted by molar-refractivity contribution is 5.77. The van der Waals surface area contributed by atoms with Crippen LogP contribution >= 0.6 is 0 Å². The van der Waals surface area contributed by atoms with Gasteiger partial charge in [0.05, 0.1) is 12.5 Å². The average molecular weight is 358 g/mol. The molecule has 0 unspecified atom stereocenters. The second-order valence-corrected chi connectivity index (χ2v) is 7.50. The second kappa shape index (κ2) is 7.19. The van der Waals surface area contributed by atoms with E-state index >= 15 is 0 Å². The first-order valence-electron chi connectivity index (χ1n) is 9.37. The Bertz CT molecular complexity index is 778. The predicted molar refractivity (Wildman–Crippen MR) is 97.9 cm³/mol. The van der Waals surface area contributed by atoms with Gasteiger partial charge in [-0.25, -0.2) is 9.97 Å². The molecule has 2 fully saturated rings. The molecule has 2 saturated heterocycles. The summed E-state index contributed by atoms with van der Waals surface area (Å²) in [5.41, 5.74) is 1.70. The fourth-order valence-corrected chi connectivity index (χ4v) is 4.30. The number of nitrogens with zero attached hydrogens (tertiary/aromatic N) is 5. The van der Waals surface area contributed by atoms with Crippen LogP contribution in [0.5, 0.6) is 0 Å². The Morgan fingerprint density at radius 2 is 2.23 bits per heavy atom. The number of aromatic amines is 1. The van der Waals surface area contributed by atoms with Gasteiger partial charge in [-0.05, 0) is 25.7 Å². The third-order valence-electron chi connectivity index (χ3n) is 5.63. The summed E-state index contributed by atoms with van der Waals surface area (Å²) >= 11 is 0. The van der Waals surface area contributed by atoms with Gasteiger partial charge >= 0.3 is 0 Å². The Kier molecular flexibility index (Phi) is 4.76. The first-order chi connectivity index (χ1) is 12.7. The predicted octanol–water partition coefficient (Wildman–Crippen LogP) is 1.60. The smallest absolute Gasteiger partial charge is 0.227 e. The largest absolute Gasteiger partial charge is 0.385 e. The summed E-state index contributed by atoms with van der Waals surface area (Å²) < 4.78 is 5.14. The van der Waals surface area contributed by atoms with Gasteiger partial charge < -0.3 is 19.5 Å². The molecule has 0 bridgehead atoms. The summed E-state index contributed by atoms with van der Waals surface area (Å²) in [5.74, 6) is 1.02. The number of hydrogen-bond acceptors (Lipinski definition) is 6. The number of imidazole rings is 1. The molecule has 2 aromatic heterocycles. The van der Waals surface area contributed by atoms with Crippen molar-refractivity contribution in [3.63, 3.8) is 0 Å². The second-order valence-electron chi connectivity index (χ2n) is 7.50. The number of anilines is 1. The SMILES string of the molecule is COCCCN1C[C@]2(CCCN(c3ncc4[nH]cnc4n3)C2)CCC1=O. The van der Waals surface area contributed by atoms with E-state index in [2.05, 4.69) is 24.8 Å². The van der Waals surface area contributed by atoms with Gasteiger partial charge in [0.1, 0.15) is 5.52 Å². The molecule has 0 aliphatic carbocycles. The number of piperidine rings is 2. The minimum atomic E-state index is 0.142. The maximum absolute atomic E-state index is 12.3. The molecule has 1 amide bonds. The third kappa shape index (κ3) is 3.38. The van der Waals surface area contributed by atoms with E-state index in [1.54, 1.807) is 19.6 Å². The van der Waals surface area contributed by atoms with Crippen LogP contribution in [-0.4, -0.2) is 70.6 Å². The van der Waals surface area contributed by atoms with Crippen molar-refractivity contribution in [3.05, 3.63) is 12.5 Å². The lowest BCUT2D eigenvalue weighted by Gasteiger charge is -2.48. The zero-order valence-corrected chi connectivity index (χ0v) is 15.3. The van der Waals surface area contributed by atoms with Gasteiger partial charge in [0.25, 0.3) is 0 Å². The number of H-pyrrole nitrogens is 1. The van der Waals surface area contributed by atoms with Crippen LogP contribution in [0.4, 0.5) is 5.95 Å². The Morgan fingerprint density at radius 1 is 1.31 bits per heavy atom. The molecule has 1 atom stereocenters. The van der Waals surface area contributed by atoms with Crippen molar-refractivity contribution in [1.29, 1.82) is 0 Å². The summed E-state index contributed by atoms with van der Waals surface area (Å²) in [6.07, 6.45) is 8.18. The molecular weight excluding hydrogens is 332 g/mol. The Labute approximate surface area is 153 Å². The summed E-state index contributed by atoms with van der Waals surface area (Å²) in [6.45, 7) is 4.16. The molecule has 4 heterocycles. The highest BCUT2D eigenvalue weighted by atomic mass is 16.5. The molecule has 1 spiro atoms. The van der Waals surface area contributed by atoms with Crippen molar-refractivity contribution in [2.75, 3.05) is 44.8 Å². The number of nitrogens with one attached hydrogen (secondary N) is 1.